The van der Waals surface area contributed by atoms with Crippen molar-refractivity contribution in [1.82, 2.24) is 0 Å². The van der Waals surface area contributed by atoms with Gasteiger partial charge in [-0.25, -0.2) is 4.79 Å². The molecular formula is C26H24ClN3O4. The summed E-state index contributed by atoms with van der Waals surface area (Å²) in [5, 5.41) is 3.40. The first-order chi connectivity index (χ1) is 16.3. The number of allylic oxidation sites excluding steroid dienone is 1. The van der Waals surface area contributed by atoms with E-state index in [1.165, 1.54) is 0 Å². The number of hydrogen-bond donors (Lipinski definition) is 2. The molecule has 0 bridgehead atoms. The predicted octanol–water partition coefficient (Wildman–Crippen LogP) is 4.10. The van der Waals surface area contributed by atoms with Crippen LogP contribution in [-0.4, -0.2) is 24.3 Å². The van der Waals surface area contributed by atoms with Gasteiger partial charge >= 0.3 is 5.97 Å². The molecule has 0 saturated heterocycles. The minimum atomic E-state index is -1.68. The van der Waals surface area contributed by atoms with Crippen molar-refractivity contribution in [2.75, 3.05) is 16.8 Å². The Hall–Kier alpha value is -3.58. The minimum Gasteiger partial charge on any atom is -0.462 e. The van der Waals surface area contributed by atoms with Crippen LogP contribution in [0.4, 0.5) is 11.4 Å². The third kappa shape index (κ3) is 2.86. The van der Waals surface area contributed by atoms with Gasteiger partial charge in [-0.15, -0.1) is 0 Å². The van der Waals surface area contributed by atoms with E-state index < -0.39 is 17.3 Å². The Balaban J connectivity index is 1.92. The van der Waals surface area contributed by atoms with E-state index in [9.17, 15) is 14.4 Å². The summed E-state index contributed by atoms with van der Waals surface area (Å²) < 4.78 is 5.41. The standard InChI is InChI=1S/C26H24ClN3O4/c1-3-34-24(32)22-23(28)30(18-11-6-9-16(27)14(18)2)19-12-7-13-20(31)21(19)26(22)15-8-4-5-10-17(15)29-25(26)33/h4-6,8-11H,3,7,12-13,28H2,1-2H3,(H,29,33). The molecule has 1 atom stereocenters. The Morgan fingerprint density at radius 1 is 1.18 bits per heavy atom. The fraction of sp³-hybridized carbons (Fsp3) is 0.269. The molecular weight excluding hydrogens is 454 g/mol. The van der Waals surface area contributed by atoms with Crippen LogP contribution in [0.15, 0.2) is 65.1 Å². The zero-order valence-electron chi connectivity index (χ0n) is 18.9. The molecule has 0 saturated carbocycles. The molecule has 3 N–H and O–H groups in total. The Kier molecular flexibility index (Phi) is 5.24. The van der Waals surface area contributed by atoms with Gasteiger partial charge in [0.05, 0.1) is 12.3 Å². The van der Waals surface area contributed by atoms with E-state index in [2.05, 4.69) is 5.32 Å². The van der Waals surface area contributed by atoms with Crippen molar-refractivity contribution in [1.29, 1.82) is 0 Å². The van der Waals surface area contributed by atoms with Gasteiger partial charge in [0, 0.05) is 34.0 Å². The normalized spacial score (nSPS) is 21.6. The predicted molar refractivity (Wildman–Crippen MR) is 129 cm³/mol. The molecule has 2 aliphatic heterocycles. The first-order valence-corrected chi connectivity index (χ1v) is 11.6. The number of carbonyl (C=O) groups excluding carboxylic acids is 3. The van der Waals surface area contributed by atoms with Gasteiger partial charge in [-0.2, -0.15) is 0 Å². The second-order valence-corrected chi connectivity index (χ2v) is 8.96. The van der Waals surface area contributed by atoms with Gasteiger partial charge in [0.25, 0.3) is 0 Å². The molecule has 8 heteroatoms. The van der Waals surface area contributed by atoms with Crippen molar-refractivity contribution in [2.45, 2.75) is 38.5 Å². The maximum absolute atomic E-state index is 13.8. The second-order valence-electron chi connectivity index (χ2n) is 8.55. The van der Waals surface area contributed by atoms with E-state index in [1.807, 2.05) is 13.0 Å². The topological polar surface area (TPSA) is 102 Å². The van der Waals surface area contributed by atoms with E-state index in [0.717, 1.165) is 5.56 Å². The lowest BCUT2D eigenvalue weighted by atomic mass is 9.63. The van der Waals surface area contributed by atoms with Crippen molar-refractivity contribution >= 4 is 40.6 Å². The second kappa shape index (κ2) is 8.02. The van der Waals surface area contributed by atoms with Crippen LogP contribution in [0, 0.1) is 6.92 Å². The van der Waals surface area contributed by atoms with Crippen molar-refractivity contribution in [3.8, 4) is 0 Å². The van der Waals surface area contributed by atoms with Crippen LogP contribution in [0.2, 0.25) is 5.02 Å². The van der Waals surface area contributed by atoms with Crippen LogP contribution in [0.1, 0.15) is 37.3 Å². The third-order valence-corrected chi connectivity index (χ3v) is 7.19. The minimum absolute atomic E-state index is 0.0508. The van der Waals surface area contributed by atoms with Gasteiger partial charge in [-0.1, -0.05) is 35.9 Å². The van der Waals surface area contributed by atoms with Crippen molar-refractivity contribution in [3.63, 3.8) is 0 Å². The third-order valence-electron chi connectivity index (χ3n) is 6.78. The lowest BCUT2D eigenvalue weighted by Crippen LogP contribution is -2.53. The van der Waals surface area contributed by atoms with E-state index in [-0.39, 0.29) is 35.8 Å². The lowest BCUT2D eigenvalue weighted by Gasteiger charge is -2.44. The summed E-state index contributed by atoms with van der Waals surface area (Å²) >= 11 is 6.42. The number of nitrogens with zero attached hydrogens (tertiary/aromatic N) is 1. The number of esters is 1. The highest BCUT2D eigenvalue weighted by Crippen LogP contribution is 2.55. The highest BCUT2D eigenvalue weighted by molar-refractivity contribution is 6.31. The van der Waals surface area contributed by atoms with Gasteiger partial charge in [0.15, 0.2) is 5.78 Å². The van der Waals surface area contributed by atoms with Crippen LogP contribution in [0.3, 0.4) is 0 Å². The molecule has 34 heavy (non-hydrogen) atoms. The molecule has 2 aromatic rings. The van der Waals surface area contributed by atoms with E-state index in [1.54, 1.807) is 48.2 Å². The molecule has 2 aromatic carbocycles. The number of benzene rings is 2. The number of ether oxygens (including phenoxy) is 1. The summed E-state index contributed by atoms with van der Waals surface area (Å²) in [6, 6.07) is 12.5. The Morgan fingerprint density at radius 2 is 1.94 bits per heavy atom. The number of ketones is 1. The first-order valence-electron chi connectivity index (χ1n) is 11.2. The van der Waals surface area contributed by atoms with Crippen molar-refractivity contribution in [3.05, 3.63) is 81.3 Å². The Labute approximate surface area is 202 Å². The molecule has 2 heterocycles. The molecule has 3 aliphatic rings. The van der Waals surface area contributed by atoms with Gasteiger partial charge in [0.2, 0.25) is 5.91 Å². The summed E-state index contributed by atoms with van der Waals surface area (Å²) in [7, 11) is 0. The van der Waals surface area contributed by atoms with Gasteiger partial charge in [-0.3, -0.25) is 14.5 Å². The van der Waals surface area contributed by atoms with Gasteiger partial charge in [-0.05, 0) is 50.5 Å². The summed E-state index contributed by atoms with van der Waals surface area (Å²) in [6.07, 6.45) is 1.39. The molecule has 1 aliphatic carbocycles. The van der Waals surface area contributed by atoms with Crippen molar-refractivity contribution in [2.24, 2.45) is 5.73 Å². The zero-order valence-corrected chi connectivity index (χ0v) is 19.7. The fourth-order valence-electron chi connectivity index (χ4n) is 5.38. The average Bonchev–Trinajstić information content (AvgIpc) is 3.09. The van der Waals surface area contributed by atoms with Crippen LogP contribution in [0.5, 0.6) is 0 Å². The number of halogens is 1. The number of nitrogens with two attached hydrogens (primary N) is 1. The Bertz CT molecular complexity index is 1330. The summed E-state index contributed by atoms with van der Waals surface area (Å²) in [6.45, 7) is 3.62. The molecule has 7 nitrogen and oxygen atoms in total. The molecule has 1 amide bonds. The monoisotopic (exact) mass is 477 g/mol. The van der Waals surface area contributed by atoms with Gasteiger partial charge in [0.1, 0.15) is 16.8 Å². The molecule has 174 valence electrons. The van der Waals surface area contributed by atoms with E-state index in [0.29, 0.717) is 40.5 Å². The van der Waals surface area contributed by atoms with Gasteiger partial charge < -0.3 is 15.8 Å². The quantitative estimate of drug-likeness (QED) is 0.645. The van der Waals surface area contributed by atoms with E-state index in [4.69, 9.17) is 22.1 Å². The maximum atomic E-state index is 13.8. The summed E-state index contributed by atoms with van der Waals surface area (Å²) in [5.41, 5.74) is 8.38. The fourth-order valence-corrected chi connectivity index (χ4v) is 5.55. The molecule has 0 aromatic heterocycles. The number of Topliss-reactive ketones (excluding diaryl/α,β-unsaturated/α-hetero) is 1. The number of carbonyl (C=O) groups is 3. The lowest BCUT2D eigenvalue weighted by molar-refractivity contribution is -0.140. The molecule has 0 radical (unpaired) electrons. The number of para-hydroxylation sites is 1. The highest BCUT2D eigenvalue weighted by atomic mass is 35.5. The Morgan fingerprint density at radius 3 is 2.71 bits per heavy atom. The summed E-state index contributed by atoms with van der Waals surface area (Å²) in [4.78, 5) is 42.6. The maximum Gasteiger partial charge on any atom is 0.339 e. The smallest absolute Gasteiger partial charge is 0.339 e. The zero-order chi connectivity index (χ0) is 24.2. The average molecular weight is 478 g/mol. The van der Waals surface area contributed by atoms with E-state index >= 15 is 0 Å². The number of rotatable bonds is 3. The largest absolute Gasteiger partial charge is 0.462 e. The number of amides is 1. The van der Waals surface area contributed by atoms with Crippen LogP contribution < -0.4 is 16.0 Å². The van der Waals surface area contributed by atoms with Crippen LogP contribution in [0.25, 0.3) is 0 Å². The SMILES string of the molecule is CCOC(=O)C1=C(N)N(c2cccc(Cl)c2C)C2=C(C(=O)CCC2)C12C(=O)Nc1ccccc12. The molecule has 5 rings (SSSR count). The number of hydrogen-bond acceptors (Lipinski definition) is 6. The molecule has 1 unspecified atom stereocenters. The number of fused-ring (bicyclic) bond motifs is 3. The summed E-state index contributed by atoms with van der Waals surface area (Å²) in [5.74, 6) is -1.34. The first kappa shape index (κ1) is 22.2. The highest BCUT2D eigenvalue weighted by Gasteiger charge is 2.61. The van der Waals surface area contributed by atoms with Crippen molar-refractivity contribution < 1.29 is 19.1 Å². The number of anilines is 2. The molecule has 1 spiro atoms. The van der Waals surface area contributed by atoms with Crippen LogP contribution >= 0.6 is 11.6 Å². The number of nitrogens with one attached hydrogen (secondary N) is 1. The van der Waals surface area contributed by atoms with Crippen LogP contribution in [-0.2, 0) is 24.5 Å². The molecule has 0 fully saturated rings.